The van der Waals surface area contributed by atoms with Gasteiger partial charge in [-0.15, -0.1) is 0 Å². The molecular formula is C33H26Cl2Zr. The maximum Gasteiger partial charge on any atom is -1.00 e. The Kier molecular flexibility index (Phi) is 7.45. The summed E-state index contributed by atoms with van der Waals surface area (Å²) in [6.45, 7) is 0. The van der Waals surface area contributed by atoms with Gasteiger partial charge in [0.05, 0.1) is 0 Å². The Morgan fingerprint density at radius 2 is 1.28 bits per heavy atom. The predicted molar refractivity (Wildman–Crippen MR) is 141 cm³/mol. The van der Waals surface area contributed by atoms with Crippen molar-refractivity contribution >= 4 is 6.48 Å². The van der Waals surface area contributed by atoms with Gasteiger partial charge >= 0.3 is 210 Å². The summed E-state index contributed by atoms with van der Waals surface area (Å²) in [5.74, 6) is 0. The van der Waals surface area contributed by atoms with Crippen molar-refractivity contribution in [2.45, 2.75) is 25.7 Å². The quantitative estimate of drug-likeness (QED) is 0.302. The fourth-order valence-corrected chi connectivity index (χ4v) is 14.0. The summed E-state index contributed by atoms with van der Waals surface area (Å²) in [4.78, 5) is 0. The van der Waals surface area contributed by atoms with Crippen LogP contribution in [0.5, 0.6) is 0 Å². The van der Waals surface area contributed by atoms with Crippen LogP contribution in [0.15, 0.2) is 113 Å². The Balaban J connectivity index is 0.00000133. The molecule has 0 radical (unpaired) electrons. The SMILES string of the molecule is C1=CC[C]([Zr+2](=[C]2CC2)[c]2c(-c3ccccc3)ccc3c2Cc2cc(-c4ccccc4)ccc2-3)=C1.[Cl-].[Cl-]. The maximum atomic E-state index is 2.46. The Hall–Kier alpha value is -2.31. The molecule has 3 heteroatoms. The number of fused-ring (bicyclic) bond motifs is 3. The van der Waals surface area contributed by atoms with Gasteiger partial charge in [0, 0.05) is 0 Å². The number of hydrogen-bond donors (Lipinski definition) is 0. The van der Waals surface area contributed by atoms with Crippen LogP contribution in [-0.2, 0) is 27.7 Å². The van der Waals surface area contributed by atoms with Crippen LogP contribution in [0.1, 0.15) is 30.4 Å². The molecule has 0 bridgehead atoms. The smallest absolute Gasteiger partial charge is 1.00 e. The van der Waals surface area contributed by atoms with Gasteiger partial charge in [-0.2, -0.15) is 0 Å². The first-order valence-electron chi connectivity index (χ1n) is 12.4. The molecule has 4 aromatic rings. The van der Waals surface area contributed by atoms with Crippen molar-refractivity contribution in [3.63, 3.8) is 0 Å². The van der Waals surface area contributed by atoms with Crippen LogP contribution in [0.25, 0.3) is 33.4 Å². The normalized spacial score (nSPS) is 14.1. The van der Waals surface area contributed by atoms with Crippen molar-refractivity contribution in [1.82, 2.24) is 0 Å². The third-order valence-corrected chi connectivity index (χ3v) is 15.6. The molecule has 0 atom stereocenters. The van der Waals surface area contributed by atoms with Crippen molar-refractivity contribution in [2.75, 3.05) is 0 Å². The first kappa shape index (κ1) is 25.3. The first-order chi connectivity index (χ1) is 16.9. The van der Waals surface area contributed by atoms with Crippen LogP contribution >= 0.6 is 0 Å². The van der Waals surface area contributed by atoms with Crippen molar-refractivity contribution in [3.05, 3.63) is 124 Å². The molecule has 1 saturated carbocycles. The fraction of sp³-hybridized carbons (Fsp3) is 0.121. The van der Waals surface area contributed by atoms with Gasteiger partial charge in [0.1, 0.15) is 0 Å². The zero-order valence-electron chi connectivity index (χ0n) is 20.0. The fourth-order valence-electron chi connectivity index (χ4n) is 5.74. The molecule has 3 aliphatic carbocycles. The van der Waals surface area contributed by atoms with Gasteiger partial charge in [0.15, 0.2) is 0 Å². The van der Waals surface area contributed by atoms with E-state index >= 15 is 0 Å². The minimum absolute atomic E-state index is 0. The molecule has 36 heavy (non-hydrogen) atoms. The molecule has 0 aliphatic heterocycles. The predicted octanol–water partition coefficient (Wildman–Crippen LogP) is 1.65. The standard InChI is InChI=1S/C25H17.C5H5.C3H4.2ClH.Zr/c1-3-7-18(8-4-1)20-11-13-24-22(15-20)17-23-16-21(12-14-25(23)24)19-9-5-2-6-10-19;1-2-4-5-3-1;1-2-3-1;;;/h1-15H,17H2;1-3H,4H2;1-2H2;2*1H;/q;;;;;+2/p-2. The van der Waals surface area contributed by atoms with Gasteiger partial charge < -0.3 is 24.8 Å². The number of rotatable bonds is 4. The van der Waals surface area contributed by atoms with Crippen molar-refractivity contribution < 1.29 is 46.1 Å². The van der Waals surface area contributed by atoms with Gasteiger partial charge in [-0.25, -0.2) is 0 Å². The summed E-state index contributed by atoms with van der Waals surface area (Å²) in [7, 11) is 0. The van der Waals surface area contributed by atoms with Gasteiger partial charge in [-0.1, -0.05) is 0 Å². The molecule has 3 aliphatic rings. The molecular weight excluding hydrogens is 558 g/mol. The van der Waals surface area contributed by atoms with E-state index in [1.54, 1.807) is 12.1 Å². The Morgan fingerprint density at radius 3 is 1.94 bits per heavy atom. The molecule has 0 heterocycles. The summed E-state index contributed by atoms with van der Waals surface area (Å²) in [5.41, 5.74) is 11.6. The van der Waals surface area contributed by atoms with Crippen LogP contribution < -0.4 is 28.1 Å². The summed E-state index contributed by atoms with van der Waals surface area (Å²) in [5, 5.41) is 0. The van der Waals surface area contributed by atoms with Crippen LogP contribution in [0.2, 0.25) is 0 Å². The van der Waals surface area contributed by atoms with E-state index in [0.717, 1.165) is 6.42 Å². The van der Waals surface area contributed by atoms with Crippen LogP contribution in [-0.4, -0.2) is 3.21 Å². The van der Waals surface area contributed by atoms with Crippen molar-refractivity contribution in [3.8, 4) is 33.4 Å². The summed E-state index contributed by atoms with van der Waals surface area (Å²) in [6, 6.07) is 33.9. The largest absolute Gasteiger partial charge is 1.00 e. The van der Waals surface area contributed by atoms with E-state index in [0.29, 0.717) is 0 Å². The second-order valence-corrected chi connectivity index (χ2v) is 16.0. The molecule has 0 saturated heterocycles. The Bertz CT molecular complexity index is 1520. The average Bonchev–Trinajstić information content (AvgIpc) is 3.44. The average molecular weight is 585 g/mol. The van der Waals surface area contributed by atoms with Gasteiger partial charge in [0.2, 0.25) is 0 Å². The van der Waals surface area contributed by atoms with Gasteiger partial charge in [-0.3, -0.25) is 0 Å². The Labute approximate surface area is 233 Å². The topological polar surface area (TPSA) is 0 Å². The maximum absolute atomic E-state index is 2.46. The van der Waals surface area contributed by atoms with Crippen LogP contribution in [0.3, 0.4) is 0 Å². The second kappa shape index (κ2) is 10.6. The van der Waals surface area contributed by atoms with E-state index in [1.165, 1.54) is 58.2 Å². The van der Waals surface area contributed by atoms with E-state index < -0.39 is 21.3 Å². The number of hydrogen-bond acceptors (Lipinski definition) is 0. The van der Waals surface area contributed by atoms with E-state index in [2.05, 4.69) is 109 Å². The van der Waals surface area contributed by atoms with E-state index in [-0.39, 0.29) is 24.8 Å². The van der Waals surface area contributed by atoms with E-state index in [9.17, 15) is 0 Å². The molecule has 0 aromatic heterocycles. The molecule has 1 fully saturated rings. The van der Waals surface area contributed by atoms with Crippen LogP contribution in [0, 0.1) is 0 Å². The number of allylic oxidation sites excluding steroid dienone is 4. The van der Waals surface area contributed by atoms with Gasteiger partial charge in [-0.05, 0) is 0 Å². The molecule has 4 aromatic carbocycles. The molecule has 7 rings (SSSR count). The summed E-state index contributed by atoms with van der Waals surface area (Å²) in [6.07, 6.45) is 12.1. The monoisotopic (exact) mass is 582 g/mol. The van der Waals surface area contributed by atoms with E-state index in [4.69, 9.17) is 0 Å². The molecule has 0 amide bonds. The third-order valence-electron chi connectivity index (χ3n) is 7.46. The molecule has 0 N–H and O–H groups in total. The molecule has 0 unspecified atom stereocenters. The zero-order chi connectivity index (χ0) is 22.5. The Morgan fingerprint density at radius 1 is 0.611 bits per heavy atom. The zero-order valence-corrected chi connectivity index (χ0v) is 23.9. The summed E-state index contributed by atoms with van der Waals surface area (Å²) < 4.78 is 5.43. The first-order valence-corrected chi connectivity index (χ1v) is 16.0. The van der Waals surface area contributed by atoms with Crippen molar-refractivity contribution in [1.29, 1.82) is 0 Å². The minimum Gasteiger partial charge on any atom is -1.00 e. The third kappa shape index (κ3) is 4.47. The number of halogens is 2. The van der Waals surface area contributed by atoms with E-state index in [1.807, 2.05) is 3.21 Å². The number of benzene rings is 4. The molecule has 0 spiro atoms. The second-order valence-electron chi connectivity index (χ2n) is 9.60. The minimum atomic E-state index is -2.10. The molecule has 176 valence electrons. The van der Waals surface area contributed by atoms with Crippen LogP contribution in [0.4, 0.5) is 0 Å². The molecule has 0 nitrogen and oxygen atoms in total. The van der Waals surface area contributed by atoms with Crippen molar-refractivity contribution in [2.24, 2.45) is 0 Å². The van der Waals surface area contributed by atoms with Gasteiger partial charge in [0.25, 0.3) is 0 Å². The summed E-state index contributed by atoms with van der Waals surface area (Å²) >= 11 is -2.10.